The van der Waals surface area contributed by atoms with Crippen LogP contribution in [-0.2, 0) is 19.1 Å². The standard InChI is InChI=1S/C21H24N4O5/c1-14(26)22-16-10-7-15(8-11-16)9-12-20(27)30-19-6-4-3-5-18(19)25-13-17(23-24-25)21(28)29-2/h7-13,18-19H,3-6H2,1-2H3,(H,22,26)/b12-9+/t18-,19-/m1/s1. The van der Waals surface area contributed by atoms with E-state index < -0.39 is 11.9 Å². The second-order valence-corrected chi connectivity index (χ2v) is 7.04. The van der Waals surface area contributed by atoms with E-state index in [4.69, 9.17) is 4.74 Å². The number of anilines is 1. The van der Waals surface area contributed by atoms with E-state index in [1.165, 1.54) is 26.3 Å². The Morgan fingerprint density at radius 2 is 1.90 bits per heavy atom. The highest BCUT2D eigenvalue weighted by atomic mass is 16.5. The third-order valence-corrected chi connectivity index (χ3v) is 4.82. The molecule has 1 N–H and O–H groups in total. The van der Waals surface area contributed by atoms with Crippen molar-refractivity contribution in [3.63, 3.8) is 0 Å². The van der Waals surface area contributed by atoms with Gasteiger partial charge >= 0.3 is 11.9 Å². The highest BCUT2D eigenvalue weighted by Gasteiger charge is 2.31. The average Bonchev–Trinajstić information content (AvgIpc) is 3.23. The monoisotopic (exact) mass is 412 g/mol. The molecule has 1 saturated carbocycles. The van der Waals surface area contributed by atoms with E-state index >= 15 is 0 Å². The molecular formula is C21H24N4O5. The van der Waals surface area contributed by atoms with E-state index in [1.807, 2.05) is 0 Å². The zero-order chi connectivity index (χ0) is 21.5. The van der Waals surface area contributed by atoms with E-state index in [-0.39, 0.29) is 23.7 Å². The molecule has 1 aromatic heterocycles. The molecule has 0 aliphatic heterocycles. The molecule has 3 rings (SSSR count). The maximum absolute atomic E-state index is 12.3. The van der Waals surface area contributed by atoms with E-state index in [0.717, 1.165) is 24.8 Å². The lowest BCUT2D eigenvalue weighted by Crippen LogP contribution is -2.32. The number of benzene rings is 1. The number of rotatable bonds is 6. The molecule has 1 aromatic carbocycles. The van der Waals surface area contributed by atoms with Crippen molar-refractivity contribution in [3.8, 4) is 0 Å². The van der Waals surface area contributed by atoms with Crippen LogP contribution in [-0.4, -0.2) is 46.1 Å². The Bertz CT molecular complexity index is 935. The second kappa shape index (κ2) is 9.82. The average molecular weight is 412 g/mol. The lowest BCUT2D eigenvalue weighted by atomic mass is 9.92. The Kier molecular flexibility index (Phi) is 6.95. The van der Waals surface area contributed by atoms with Gasteiger partial charge in [-0.05, 0) is 43.0 Å². The molecular weight excluding hydrogens is 388 g/mol. The fourth-order valence-corrected chi connectivity index (χ4v) is 3.39. The van der Waals surface area contributed by atoms with Gasteiger partial charge in [0, 0.05) is 18.7 Å². The molecule has 1 aliphatic carbocycles. The number of hydrogen-bond acceptors (Lipinski definition) is 7. The predicted octanol–water partition coefficient (Wildman–Crippen LogP) is 2.76. The Balaban J connectivity index is 1.62. The van der Waals surface area contributed by atoms with Crippen LogP contribution in [0.15, 0.2) is 36.5 Å². The van der Waals surface area contributed by atoms with Gasteiger partial charge < -0.3 is 14.8 Å². The molecule has 0 unspecified atom stereocenters. The Hall–Kier alpha value is -3.49. The first-order valence-corrected chi connectivity index (χ1v) is 9.73. The molecule has 0 saturated heterocycles. The molecule has 1 aliphatic rings. The zero-order valence-corrected chi connectivity index (χ0v) is 16.9. The summed E-state index contributed by atoms with van der Waals surface area (Å²) in [5.74, 6) is -1.15. The summed E-state index contributed by atoms with van der Waals surface area (Å²) >= 11 is 0. The Labute approximate surface area is 174 Å². The van der Waals surface area contributed by atoms with E-state index in [0.29, 0.717) is 12.1 Å². The molecule has 0 spiro atoms. The number of methoxy groups -OCH3 is 1. The predicted molar refractivity (Wildman–Crippen MR) is 109 cm³/mol. The van der Waals surface area contributed by atoms with Crippen LogP contribution < -0.4 is 5.32 Å². The third kappa shape index (κ3) is 5.53. The van der Waals surface area contributed by atoms with E-state index in [9.17, 15) is 14.4 Å². The van der Waals surface area contributed by atoms with E-state index in [2.05, 4.69) is 20.4 Å². The van der Waals surface area contributed by atoms with Crippen molar-refractivity contribution < 1.29 is 23.9 Å². The number of nitrogens with one attached hydrogen (secondary N) is 1. The van der Waals surface area contributed by atoms with Crippen LogP contribution in [0.4, 0.5) is 5.69 Å². The summed E-state index contributed by atoms with van der Waals surface area (Å²) in [5, 5.41) is 10.5. The zero-order valence-electron chi connectivity index (χ0n) is 16.9. The van der Waals surface area contributed by atoms with Gasteiger partial charge in [0.2, 0.25) is 5.91 Å². The molecule has 1 heterocycles. The highest BCUT2D eigenvalue weighted by molar-refractivity contribution is 5.89. The number of carbonyl (C=O) groups is 3. The lowest BCUT2D eigenvalue weighted by Gasteiger charge is -2.30. The number of nitrogens with zero attached hydrogens (tertiary/aromatic N) is 3. The normalized spacial score (nSPS) is 18.7. The van der Waals surface area contributed by atoms with Crippen LogP contribution in [0, 0.1) is 0 Å². The van der Waals surface area contributed by atoms with E-state index in [1.54, 1.807) is 35.0 Å². The molecule has 1 fully saturated rings. The van der Waals surface area contributed by atoms with Crippen LogP contribution in [0.2, 0.25) is 0 Å². The summed E-state index contributed by atoms with van der Waals surface area (Å²) in [6.45, 7) is 1.44. The van der Waals surface area contributed by atoms with Crippen molar-refractivity contribution in [2.45, 2.75) is 44.8 Å². The van der Waals surface area contributed by atoms with Crippen molar-refractivity contribution in [1.29, 1.82) is 0 Å². The molecule has 9 nitrogen and oxygen atoms in total. The van der Waals surface area contributed by atoms with Gasteiger partial charge in [-0.3, -0.25) is 4.79 Å². The summed E-state index contributed by atoms with van der Waals surface area (Å²) in [6, 6.07) is 6.92. The molecule has 1 amide bonds. The Morgan fingerprint density at radius 3 is 2.60 bits per heavy atom. The van der Waals surface area contributed by atoms with Gasteiger partial charge in [0.1, 0.15) is 6.10 Å². The summed E-state index contributed by atoms with van der Waals surface area (Å²) in [5.41, 5.74) is 1.61. The van der Waals surface area contributed by atoms with Crippen LogP contribution in [0.5, 0.6) is 0 Å². The topological polar surface area (TPSA) is 112 Å². The third-order valence-electron chi connectivity index (χ3n) is 4.82. The number of carbonyl (C=O) groups excluding carboxylic acids is 3. The minimum atomic E-state index is -0.557. The van der Waals surface area contributed by atoms with Gasteiger partial charge in [-0.25, -0.2) is 14.3 Å². The minimum Gasteiger partial charge on any atom is -0.464 e. The smallest absolute Gasteiger partial charge is 0.360 e. The highest BCUT2D eigenvalue weighted by Crippen LogP contribution is 2.30. The Morgan fingerprint density at radius 1 is 1.17 bits per heavy atom. The summed E-state index contributed by atoms with van der Waals surface area (Å²) in [4.78, 5) is 35.0. The maximum atomic E-state index is 12.3. The maximum Gasteiger partial charge on any atom is 0.360 e. The first-order chi connectivity index (χ1) is 14.5. The first kappa shape index (κ1) is 21.2. The number of aromatic nitrogens is 3. The summed E-state index contributed by atoms with van der Waals surface area (Å²) < 4.78 is 11.9. The number of hydrogen-bond donors (Lipinski definition) is 1. The second-order valence-electron chi connectivity index (χ2n) is 7.04. The fraction of sp³-hybridized carbons (Fsp3) is 0.381. The van der Waals surface area contributed by atoms with Crippen molar-refractivity contribution in [1.82, 2.24) is 15.0 Å². The SMILES string of the molecule is COC(=O)c1cn([C@@H]2CCCC[C@H]2OC(=O)/C=C/c2ccc(NC(C)=O)cc2)nn1. The molecule has 9 heteroatoms. The molecule has 2 aromatic rings. The van der Waals surface area contributed by atoms with Gasteiger partial charge in [-0.2, -0.15) is 0 Å². The molecule has 30 heavy (non-hydrogen) atoms. The van der Waals surface area contributed by atoms with Crippen molar-refractivity contribution in [3.05, 3.63) is 47.8 Å². The van der Waals surface area contributed by atoms with Gasteiger partial charge in [-0.15, -0.1) is 5.10 Å². The largest absolute Gasteiger partial charge is 0.464 e. The number of ether oxygens (including phenoxy) is 2. The van der Waals surface area contributed by atoms with Crippen molar-refractivity contribution in [2.24, 2.45) is 0 Å². The quantitative estimate of drug-likeness (QED) is 0.573. The fourth-order valence-electron chi connectivity index (χ4n) is 3.39. The minimum absolute atomic E-state index is 0.121. The van der Waals surface area contributed by atoms with Gasteiger partial charge in [0.05, 0.1) is 19.3 Å². The van der Waals surface area contributed by atoms with Crippen LogP contribution >= 0.6 is 0 Å². The molecule has 0 bridgehead atoms. The molecule has 0 radical (unpaired) electrons. The first-order valence-electron chi connectivity index (χ1n) is 9.73. The number of amides is 1. The van der Waals surface area contributed by atoms with Crippen LogP contribution in [0.3, 0.4) is 0 Å². The van der Waals surface area contributed by atoms with Crippen LogP contribution in [0.1, 0.15) is 54.7 Å². The van der Waals surface area contributed by atoms with Crippen LogP contribution in [0.25, 0.3) is 6.08 Å². The lowest BCUT2D eigenvalue weighted by molar-refractivity contribution is -0.147. The molecule has 2 atom stereocenters. The van der Waals surface area contributed by atoms with Gasteiger partial charge in [-0.1, -0.05) is 23.8 Å². The van der Waals surface area contributed by atoms with Crippen molar-refractivity contribution in [2.75, 3.05) is 12.4 Å². The van der Waals surface area contributed by atoms with Crippen molar-refractivity contribution >= 4 is 29.6 Å². The summed E-state index contributed by atoms with van der Waals surface area (Å²) in [6.07, 6.45) is 7.60. The molecule has 158 valence electrons. The summed E-state index contributed by atoms with van der Waals surface area (Å²) in [7, 11) is 1.28. The van der Waals surface area contributed by atoms with Gasteiger partial charge in [0.25, 0.3) is 0 Å². The van der Waals surface area contributed by atoms with Gasteiger partial charge in [0.15, 0.2) is 5.69 Å². The number of esters is 2.